The van der Waals surface area contributed by atoms with Gasteiger partial charge in [0.1, 0.15) is 5.75 Å². The zero-order chi connectivity index (χ0) is 12.0. The number of ether oxygens (including phenoxy) is 1. The molecule has 3 nitrogen and oxygen atoms in total. The van der Waals surface area contributed by atoms with Gasteiger partial charge in [0, 0.05) is 13.2 Å². The van der Waals surface area contributed by atoms with Gasteiger partial charge < -0.3 is 15.2 Å². The molecular weight excluding hydrogens is 202 g/mol. The van der Waals surface area contributed by atoms with Crippen molar-refractivity contribution in [1.29, 1.82) is 0 Å². The molecule has 0 atom stereocenters. The molecule has 1 aromatic rings. The van der Waals surface area contributed by atoms with Crippen molar-refractivity contribution < 1.29 is 9.84 Å². The van der Waals surface area contributed by atoms with Crippen molar-refractivity contribution in [1.82, 2.24) is 5.32 Å². The number of aliphatic hydroxyl groups is 1. The molecule has 0 unspecified atom stereocenters. The van der Waals surface area contributed by atoms with Crippen LogP contribution in [-0.4, -0.2) is 25.4 Å². The average molecular weight is 223 g/mol. The standard InChI is InChI=1S/C13H21NO2/c1-10-8-13(16-3)11(2)7-12(10)9-14-5-4-6-15/h7-8,14-15H,4-6,9H2,1-3H3. The Labute approximate surface area is 97.4 Å². The average Bonchev–Trinajstić information content (AvgIpc) is 2.28. The predicted octanol–water partition coefficient (Wildman–Crippen LogP) is 1.78. The SMILES string of the molecule is COc1cc(C)c(CNCCCO)cc1C. The lowest BCUT2D eigenvalue weighted by atomic mass is 10.0. The maximum absolute atomic E-state index is 8.67. The Morgan fingerprint density at radius 2 is 2.00 bits per heavy atom. The lowest BCUT2D eigenvalue weighted by molar-refractivity contribution is 0.286. The number of methoxy groups -OCH3 is 1. The quantitative estimate of drug-likeness (QED) is 0.722. The highest BCUT2D eigenvalue weighted by Gasteiger charge is 2.04. The Hall–Kier alpha value is -1.06. The maximum atomic E-state index is 8.67. The van der Waals surface area contributed by atoms with Crippen LogP contribution in [-0.2, 0) is 6.54 Å². The van der Waals surface area contributed by atoms with E-state index in [9.17, 15) is 0 Å². The van der Waals surface area contributed by atoms with Crippen LogP contribution in [0.4, 0.5) is 0 Å². The first-order valence-electron chi connectivity index (χ1n) is 5.64. The van der Waals surface area contributed by atoms with E-state index in [1.807, 2.05) is 0 Å². The summed E-state index contributed by atoms with van der Waals surface area (Å²) in [5.74, 6) is 0.941. The Bertz CT molecular complexity index is 337. The highest BCUT2D eigenvalue weighted by Crippen LogP contribution is 2.22. The lowest BCUT2D eigenvalue weighted by Gasteiger charge is -2.12. The van der Waals surface area contributed by atoms with Crippen LogP contribution in [0.5, 0.6) is 5.75 Å². The maximum Gasteiger partial charge on any atom is 0.122 e. The van der Waals surface area contributed by atoms with Gasteiger partial charge in [0.15, 0.2) is 0 Å². The number of hydrogen-bond acceptors (Lipinski definition) is 3. The van der Waals surface area contributed by atoms with E-state index in [-0.39, 0.29) is 6.61 Å². The normalized spacial score (nSPS) is 10.5. The second-order valence-corrected chi connectivity index (χ2v) is 4.00. The fourth-order valence-corrected chi connectivity index (χ4v) is 1.69. The minimum Gasteiger partial charge on any atom is -0.496 e. The van der Waals surface area contributed by atoms with Crippen LogP contribution in [0.15, 0.2) is 12.1 Å². The van der Waals surface area contributed by atoms with Gasteiger partial charge in [0.05, 0.1) is 7.11 Å². The number of rotatable bonds is 6. The number of aliphatic hydroxyl groups excluding tert-OH is 1. The predicted molar refractivity (Wildman–Crippen MR) is 65.9 cm³/mol. The molecule has 2 N–H and O–H groups in total. The molecule has 16 heavy (non-hydrogen) atoms. The van der Waals surface area contributed by atoms with E-state index in [1.165, 1.54) is 11.1 Å². The zero-order valence-corrected chi connectivity index (χ0v) is 10.3. The summed E-state index contributed by atoms with van der Waals surface area (Å²) in [6.07, 6.45) is 0.800. The Morgan fingerprint density at radius 1 is 1.25 bits per heavy atom. The molecule has 0 heterocycles. The molecule has 0 aromatic heterocycles. The van der Waals surface area contributed by atoms with Gasteiger partial charge in [-0.1, -0.05) is 6.07 Å². The first-order chi connectivity index (χ1) is 7.69. The molecule has 0 fully saturated rings. The fraction of sp³-hybridized carbons (Fsp3) is 0.538. The summed E-state index contributed by atoms with van der Waals surface area (Å²) in [5.41, 5.74) is 3.68. The smallest absolute Gasteiger partial charge is 0.122 e. The van der Waals surface area contributed by atoms with E-state index in [0.717, 1.165) is 30.8 Å². The van der Waals surface area contributed by atoms with Gasteiger partial charge in [-0.05, 0) is 49.6 Å². The van der Waals surface area contributed by atoms with E-state index in [4.69, 9.17) is 9.84 Å². The summed E-state index contributed by atoms with van der Waals surface area (Å²) >= 11 is 0. The molecule has 0 aliphatic carbocycles. The van der Waals surface area contributed by atoms with Gasteiger partial charge in [0.25, 0.3) is 0 Å². The van der Waals surface area contributed by atoms with Crippen molar-refractivity contribution in [2.75, 3.05) is 20.3 Å². The monoisotopic (exact) mass is 223 g/mol. The Morgan fingerprint density at radius 3 is 2.62 bits per heavy atom. The third-order valence-electron chi connectivity index (χ3n) is 2.68. The van der Waals surface area contributed by atoms with Crippen molar-refractivity contribution in [3.05, 3.63) is 28.8 Å². The van der Waals surface area contributed by atoms with Crippen LogP contribution in [0.1, 0.15) is 23.1 Å². The minimum absolute atomic E-state index is 0.244. The Balaban J connectivity index is 2.63. The molecule has 0 saturated carbocycles. The van der Waals surface area contributed by atoms with Gasteiger partial charge in [-0.3, -0.25) is 0 Å². The van der Waals surface area contributed by atoms with Crippen LogP contribution in [0.2, 0.25) is 0 Å². The van der Waals surface area contributed by atoms with E-state index in [0.29, 0.717) is 0 Å². The van der Waals surface area contributed by atoms with E-state index >= 15 is 0 Å². The van der Waals surface area contributed by atoms with Crippen LogP contribution in [0.25, 0.3) is 0 Å². The van der Waals surface area contributed by atoms with Gasteiger partial charge in [-0.25, -0.2) is 0 Å². The zero-order valence-electron chi connectivity index (χ0n) is 10.3. The van der Waals surface area contributed by atoms with Crippen molar-refractivity contribution >= 4 is 0 Å². The molecule has 0 bridgehead atoms. The molecule has 3 heteroatoms. The number of nitrogens with one attached hydrogen (secondary N) is 1. The van der Waals surface area contributed by atoms with Gasteiger partial charge in [-0.15, -0.1) is 0 Å². The van der Waals surface area contributed by atoms with Crippen molar-refractivity contribution in [2.24, 2.45) is 0 Å². The summed E-state index contributed by atoms with van der Waals surface area (Å²) in [6.45, 7) is 6.08. The summed E-state index contributed by atoms with van der Waals surface area (Å²) < 4.78 is 5.27. The van der Waals surface area contributed by atoms with Crippen LogP contribution in [0, 0.1) is 13.8 Å². The van der Waals surface area contributed by atoms with E-state index in [1.54, 1.807) is 7.11 Å². The van der Waals surface area contributed by atoms with Gasteiger partial charge in [0.2, 0.25) is 0 Å². The summed E-state index contributed by atoms with van der Waals surface area (Å²) in [4.78, 5) is 0. The van der Waals surface area contributed by atoms with E-state index in [2.05, 4.69) is 31.3 Å². The Kier molecular flexibility index (Phi) is 5.29. The van der Waals surface area contributed by atoms with Crippen LogP contribution < -0.4 is 10.1 Å². The molecular formula is C13H21NO2. The molecule has 0 aliphatic rings. The first kappa shape index (κ1) is 13.0. The largest absolute Gasteiger partial charge is 0.496 e. The topological polar surface area (TPSA) is 41.5 Å². The van der Waals surface area contributed by atoms with Crippen molar-refractivity contribution in [3.63, 3.8) is 0 Å². The molecule has 0 amide bonds. The molecule has 0 spiro atoms. The summed E-state index contributed by atoms with van der Waals surface area (Å²) in [7, 11) is 1.70. The molecule has 0 radical (unpaired) electrons. The van der Waals surface area contributed by atoms with E-state index < -0.39 is 0 Å². The third-order valence-corrected chi connectivity index (χ3v) is 2.68. The number of benzene rings is 1. The number of aryl methyl sites for hydroxylation is 2. The fourth-order valence-electron chi connectivity index (χ4n) is 1.69. The molecule has 1 rings (SSSR count). The second-order valence-electron chi connectivity index (χ2n) is 4.00. The minimum atomic E-state index is 0.244. The number of hydrogen-bond donors (Lipinski definition) is 2. The third kappa shape index (κ3) is 3.51. The highest BCUT2D eigenvalue weighted by molar-refractivity contribution is 5.41. The second kappa shape index (κ2) is 6.51. The molecule has 0 saturated heterocycles. The summed E-state index contributed by atoms with van der Waals surface area (Å²) in [6, 6.07) is 4.22. The van der Waals surface area contributed by atoms with Crippen molar-refractivity contribution in [3.8, 4) is 5.75 Å². The van der Waals surface area contributed by atoms with Gasteiger partial charge in [-0.2, -0.15) is 0 Å². The lowest BCUT2D eigenvalue weighted by Crippen LogP contribution is -2.16. The van der Waals surface area contributed by atoms with Gasteiger partial charge >= 0.3 is 0 Å². The highest BCUT2D eigenvalue weighted by atomic mass is 16.5. The molecule has 90 valence electrons. The first-order valence-corrected chi connectivity index (χ1v) is 5.64. The summed E-state index contributed by atoms with van der Waals surface area (Å²) in [5, 5.41) is 12.0. The van der Waals surface area contributed by atoms with Crippen molar-refractivity contribution in [2.45, 2.75) is 26.8 Å². The van der Waals surface area contributed by atoms with Crippen LogP contribution in [0.3, 0.4) is 0 Å². The molecule has 1 aromatic carbocycles. The molecule has 0 aliphatic heterocycles. The van der Waals surface area contributed by atoms with Crippen LogP contribution >= 0.6 is 0 Å².